The second-order valence-electron chi connectivity index (χ2n) is 9.37. The maximum Gasteiger partial charge on any atom is 0.383 e. The van der Waals surface area contributed by atoms with Gasteiger partial charge in [0.15, 0.2) is 17.1 Å². The summed E-state index contributed by atoms with van der Waals surface area (Å²) in [6, 6.07) is 21.4. The van der Waals surface area contributed by atoms with Crippen molar-refractivity contribution < 1.29 is 28.2 Å². The van der Waals surface area contributed by atoms with E-state index in [4.69, 9.17) is 18.6 Å². The van der Waals surface area contributed by atoms with Crippen LogP contribution in [0.1, 0.15) is 54.3 Å². The molecule has 0 radical (unpaired) electrons. The molecular weight excluding hydrogens is 508 g/mol. The molecule has 0 atom stereocenters. The first-order valence-electron chi connectivity index (χ1n) is 12.9. The van der Waals surface area contributed by atoms with Crippen molar-refractivity contribution in [1.29, 1.82) is 0 Å². The lowest BCUT2D eigenvalue weighted by Gasteiger charge is -2.14. The molecule has 0 bridgehead atoms. The first-order valence-corrected chi connectivity index (χ1v) is 12.9. The van der Waals surface area contributed by atoms with E-state index >= 15 is 0 Å². The van der Waals surface area contributed by atoms with Crippen molar-refractivity contribution in [2.24, 2.45) is 0 Å². The summed E-state index contributed by atoms with van der Waals surface area (Å²) in [4.78, 5) is 39.0. The average molecular weight is 539 g/mol. The van der Waals surface area contributed by atoms with Crippen molar-refractivity contribution in [2.45, 2.75) is 33.6 Å². The quantitative estimate of drug-likeness (QED) is 0.119. The van der Waals surface area contributed by atoms with Crippen LogP contribution < -0.4 is 19.8 Å². The highest BCUT2D eigenvalue weighted by Gasteiger charge is 2.25. The van der Waals surface area contributed by atoms with Gasteiger partial charge in [-0.2, -0.15) is 0 Å². The van der Waals surface area contributed by atoms with E-state index in [-0.39, 0.29) is 40.2 Å². The lowest BCUT2D eigenvalue weighted by atomic mass is 10.1. The highest BCUT2D eigenvalue weighted by atomic mass is 16.6. The lowest BCUT2D eigenvalue weighted by Crippen LogP contribution is -2.18. The van der Waals surface area contributed by atoms with Gasteiger partial charge in [0.25, 0.3) is 5.75 Å². The minimum absolute atomic E-state index is 0.0680. The van der Waals surface area contributed by atoms with Crippen LogP contribution in [0.5, 0.6) is 17.2 Å². The molecule has 7 nitrogen and oxygen atoms in total. The molecule has 0 aliphatic carbocycles. The fourth-order valence-electron chi connectivity index (χ4n) is 3.87. The SMILES string of the molecule is CC(C)=CCC/C(C)=C/COc1cccc2c(OC(=O)c3ccccc3)c(OC(=O)c3ccccc3)c(=O)oc12. The van der Waals surface area contributed by atoms with Gasteiger partial charge in [-0.05, 0) is 76.1 Å². The van der Waals surface area contributed by atoms with Crippen LogP contribution in [0.3, 0.4) is 0 Å². The third-order valence-corrected chi connectivity index (χ3v) is 5.98. The molecule has 0 spiro atoms. The standard InChI is InChI=1S/C33H30O7/c1-22(2)12-10-13-23(3)20-21-37-27-19-11-18-26-28(27)38-33(36)30(40-32(35)25-16-8-5-9-17-25)29(26)39-31(34)24-14-6-4-7-15-24/h4-9,11-12,14-20H,10,13,21H2,1-3H3/b23-20+. The van der Waals surface area contributed by atoms with E-state index in [1.165, 1.54) is 5.57 Å². The van der Waals surface area contributed by atoms with Gasteiger partial charge in [-0.25, -0.2) is 14.4 Å². The molecule has 0 N–H and O–H groups in total. The number of para-hydroxylation sites is 1. The van der Waals surface area contributed by atoms with E-state index in [9.17, 15) is 14.4 Å². The number of rotatable bonds is 10. The van der Waals surface area contributed by atoms with E-state index in [2.05, 4.69) is 19.9 Å². The molecule has 0 fully saturated rings. The third kappa shape index (κ3) is 7.14. The van der Waals surface area contributed by atoms with E-state index in [1.54, 1.807) is 78.9 Å². The second kappa shape index (κ2) is 13.2. The number of esters is 2. The Labute approximate surface area is 232 Å². The molecule has 0 saturated carbocycles. The Kier molecular flexibility index (Phi) is 9.31. The molecule has 0 aliphatic heterocycles. The van der Waals surface area contributed by atoms with Crippen molar-refractivity contribution in [2.75, 3.05) is 6.61 Å². The number of hydrogen-bond donors (Lipinski definition) is 0. The van der Waals surface area contributed by atoms with E-state index in [0.717, 1.165) is 18.4 Å². The van der Waals surface area contributed by atoms with Crippen LogP contribution in [0.25, 0.3) is 11.0 Å². The van der Waals surface area contributed by atoms with Crippen LogP contribution >= 0.6 is 0 Å². The zero-order valence-electron chi connectivity index (χ0n) is 22.6. The molecule has 0 aliphatic rings. The summed E-state index contributed by atoms with van der Waals surface area (Å²) in [7, 11) is 0. The predicted molar refractivity (Wildman–Crippen MR) is 153 cm³/mol. The van der Waals surface area contributed by atoms with Crippen LogP contribution in [0.4, 0.5) is 0 Å². The fourth-order valence-corrected chi connectivity index (χ4v) is 3.87. The number of fused-ring (bicyclic) bond motifs is 1. The Morgan fingerprint density at radius 1 is 0.750 bits per heavy atom. The van der Waals surface area contributed by atoms with Gasteiger partial charge in [0, 0.05) is 0 Å². The largest absolute Gasteiger partial charge is 0.486 e. The normalized spacial score (nSPS) is 11.1. The Morgan fingerprint density at radius 2 is 1.35 bits per heavy atom. The molecule has 4 rings (SSSR count). The summed E-state index contributed by atoms with van der Waals surface area (Å²) < 4.78 is 22.6. The minimum atomic E-state index is -0.989. The number of ether oxygens (including phenoxy) is 3. The predicted octanol–water partition coefficient (Wildman–Crippen LogP) is 7.30. The number of carbonyl (C=O) groups is 2. The lowest BCUT2D eigenvalue weighted by molar-refractivity contribution is 0.0678. The molecule has 204 valence electrons. The summed E-state index contributed by atoms with van der Waals surface area (Å²) in [6.45, 7) is 6.40. The van der Waals surface area contributed by atoms with Gasteiger partial charge in [-0.3, -0.25) is 0 Å². The zero-order chi connectivity index (χ0) is 28.5. The maximum atomic E-state index is 13.1. The molecule has 0 unspecified atom stereocenters. The smallest absolute Gasteiger partial charge is 0.383 e. The van der Waals surface area contributed by atoms with Gasteiger partial charge in [-0.1, -0.05) is 59.7 Å². The van der Waals surface area contributed by atoms with E-state index < -0.39 is 23.3 Å². The van der Waals surface area contributed by atoms with Crippen LogP contribution in [-0.2, 0) is 0 Å². The van der Waals surface area contributed by atoms with E-state index in [1.807, 2.05) is 13.0 Å². The molecular formula is C33H30O7. The molecule has 1 aromatic heterocycles. The Bertz CT molecular complexity index is 1610. The van der Waals surface area contributed by atoms with Gasteiger partial charge >= 0.3 is 17.6 Å². The summed E-state index contributed by atoms with van der Waals surface area (Å²) >= 11 is 0. The zero-order valence-corrected chi connectivity index (χ0v) is 22.6. The Balaban J connectivity index is 1.70. The monoisotopic (exact) mass is 538 g/mol. The number of benzene rings is 3. The molecule has 7 heteroatoms. The van der Waals surface area contributed by atoms with E-state index in [0.29, 0.717) is 0 Å². The van der Waals surface area contributed by atoms with Gasteiger partial charge in [0.1, 0.15) is 6.61 Å². The number of hydrogen-bond acceptors (Lipinski definition) is 7. The Morgan fingerprint density at radius 3 is 1.95 bits per heavy atom. The average Bonchev–Trinajstić information content (AvgIpc) is 2.95. The third-order valence-electron chi connectivity index (χ3n) is 5.98. The van der Waals surface area contributed by atoms with Crippen LogP contribution in [0.2, 0.25) is 0 Å². The highest BCUT2D eigenvalue weighted by molar-refractivity contribution is 5.98. The molecule has 0 amide bonds. The Hall–Kier alpha value is -4.91. The maximum absolute atomic E-state index is 13.1. The topological polar surface area (TPSA) is 92.0 Å². The summed E-state index contributed by atoms with van der Waals surface area (Å²) in [5, 5.41) is 0.238. The fraction of sp³-hybridized carbons (Fsp3) is 0.182. The highest BCUT2D eigenvalue weighted by Crippen LogP contribution is 2.37. The molecule has 4 aromatic rings. The minimum Gasteiger partial charge on any atom is -0.486 e. The number of carbonyl (C=O) groups excluding carboxylic acids is 2. The van der Waals surface area contributed by atoms with Crippen molar-refractivity contribution in [3.05, 3.63) is 124 Å². The first-order chi connectivity index (χ1) is 19.3. The van der Waals surface area contributed by atoms with Crippen molar-refractivity contribution in [3.8, 4) is 17.2 Å². The summed E-state index contributed by atoms with van der Waals surface area (Å²) in [5.41, 5.74) is 1.98. The van der Waals surface area contributed by atoms with Crippen LogP contribution in [0, 0.1) is 0 Å². The van der Waals surface area contributed by atoms with Crippen LogP contribution in [0.15, 0.2) is 111 Å². The second-order valence-corrected chi connectivity index (χ2v) is 9.37. The number of allylic oxidation sites excluding steroid dienone is 3. The molecule has 1 heterocycles. The molecule has 40 heavy (non-hydrogen) atoms. The summed E-state index contributed by atoms with van der Waals surface area (Å²) in [5.74, 6) is -2.02. The van der Waals surface area contributed by atoms with Gasteiger partial charge in [-0.15, -0.1) is 0 Å². The first kappa shape index (κ1) is 28.1. The molecule has 3 aromatic carbocycles. The van der Waals surface area contributed by atoms with Crippen molar-refractivity contribution >= 4 is 22.9 Å². The summed E-state index contributed by atoms with van der Waals surface area (Å²) in [6.07, 6.45) is 5.98. The van der Waals surface area contributed by atoms with Gasteiger partial charge < -0.3 is 18.6 Å². The van der Waals surface area contributed by atoms with Crippen molar-refractivity contribution in [1.82, 2.24) is 0 Å². The van der Waals surface area contributed by atoms with Gasteiger partial charge in [0.2, 0.25) is 0 Å². The van der Waals surface area contributed by atoms with Gasteiger partial charge in [0.05, 0.1) is 16.5 Å². The van der Waals surface area contributed by atoms with Crippen molar-refractivity contribution in [3.63, 3.8) is 0 Å². The van der Waals surface area contributed by atoms with Crippen LogP contribution in [-0.4, -0.2) is 18.5 Å². The molecule has 0 saturated heterocycles.